The lowest BCUT2D eigenvalue weighted by atomic mass is 10.1. The van der Waals surface area contributed by atoms with Gasteiger partial charge in [-0.2, -0.15) is 0 Å². The van der Waals surface area contributed by atoms with Crippen molar-refractivity contribution in [3.63, 3.8) is 0 Å². The maximum absolute atomic E-state index is 12.1. The minimum absolute atomic E-state index is 0.0541. The van der Waals surface area contributed by atoms with E-state index in [0.29, 0.717) is 21.8 Å². The quantitative estimate of drug-likeness (QED) is 0.598. The van der Waals surface area contributed by atoms with Crippen LogP contribution in [-0.4, -0.2) is 24.0 Å². The molecule has 132 valence electrons. The molecule has 26 heavy (non-hydrogen) atoms. The van der Waals surface area contributed by atoms with Gasteiger partial charge < -0.3 is 9.47 Å². The van der Waals surface area contributed by atoms with Gasteiger partial charge in [0.05, 0.1) is 29.0 Å². The lowest BCUT2D eigenvalue weighted by Crippen LogP contribution is -2.07. The maximum atomic E-state index is 12.1. The minimum atomic E-state index is -0.492. The van der Waals surface area contributed by atoms with Gasteiger partial charge in [0, 0.05) is 10.9 Å². The van der Waals surface area contributed by atoms with Gasteiger partial charge in [0.15, 0.2) is 0 Å². The molecule has 0 aliphatic heterocycles. The van der Waals surface area contributed by atoms with E-state index in [9.17, 15) is 9.59 Å². The van der Waals surface area contributed by atoms with Gasteiger partial charge in [-0.15, -0.1) is 11.3 Å². The molecule has 0 atom stereocenters. The maximum Gasteiger partial charge on any atom is 0.338 e. The molecule has 0 radical (unpaired) electrons. The number of hydrogen-bond donors (Lipinski definition) is 0. The monoisotopic (exact) mass is 387 g/mol. The number of nitrogens with zero attached hydrogens (tertiary/aromatic N) is 1. The fourth-order valence-electron chi connectivity index (χ4n) is 2.21. The summed E-state index contributed by atoms with van der Waals surface area (Å²) in [7, 11) is 1.30. The summed E-state index contributed by atoms with van der Waals surface area (Å²) < 4.78 is 9.89. The SMILES string of the molecule is COC(=O)c1ccc(C(=O)OCc2csc(-c3ccccc3Cl)n2)cc1. The van der Waals surface area contributed by atoms with Crippen molar-refractivity contribution in [2.45, 2.75) is 6.61 Å². The van der Waals surface area contributed by atoms with Gasteiger partial charge in [0.1, 0.15) is 11.6 Å². The molecule has 3 rings (SSSR count). The van der Waals surface area contributed by atoms with Crippen molar-refractivity contribution in [2.75, 3.05) is 7.11 Å². The number of aromatic nitrogens is 1. The first-order chi connectivity index (χ1) is 12.6. The minimum Gasteiger partial charge on any atom is -0.465 e. The molecular formula is C19H14ClNO4S. The van der Waals surface area contributed by atoms with Crippen LogP contribution in [-0.2, 0) is 16.1 Å². The van der Waals surface area contributed by atoms with Gasteiger partial charge in [-0.1, -0.05) is 29.8 Å². The number of halogens is 1. The molecule has 0 saturated heterocycles. The standard InChI is InChI=1S/C19H14ClNO4S/c1-24-18(22)12-6-8-13(9-7-12)19(23)25-10-14-11-26-17(21-14)15-4-2-3-5-16(15)20/h2-9,11H,10H2,1H3. The number of rotatable bonds is 5. The number of esters is 2. The zero-order valence-electron chi connectivity index (χ0n) is 13.8. The van der Waals surface area contributed by atoms with Crippen molar-refractivity contribution < 1.29 is 19.1 Å². The largest absolute Gasteiger partial charge is 0.465 e. The number of hydrogen-bond acceptors (Lipinski definition) is 6. The van der Waals surface area contributed by atoms with Crippen LogP contribution in [0.4, 0.5) is 0 Å². The molecule has 0 amide bonds. The molecule has 1 aromatic heterocycles. The van der Waals surface area contributed by atoms with Crippen LogP contribution in [0.2, 0.25) is 5.02 Å². The molecular weight excluding hydrogens is 374 g/mol. The molecule has 0 N–H and O–H groups in total. The second-order valence-electron chi connectivity index (χ2n) is 5.27. The van der Waals surface area contributed by atoms with Crippen LogP contribution in [0.5, 0.6) is 0 Å². The third kappa shape index (κ3) is 4.09. The van der Waals surface area contributed by atoms with Gasteiger partial charge in [0.25, 0.3) is 0 Å². The Morgan fingerprint density at radius 3 is 2.35 bits per heavy atom. The van der Waals surface area contributed by atoms with Crippen LogP contribution in [0.25, 0.3) is 10.6 Å². The molecule has 0 spiro atoms. The smallest absolute Gasteiger partial charge is 0.338 e. The summed E-state index contributed by atoms with van der Waals surface area (Å²) in [6.07, 6.45) is 0. The Bertz CT molecular complexity index is 937. The molecule has 0 aliphatic carbocycles. The Kier molecular flexibility index (Phi) is 5.65. The van der Waals surface area contributed by atoms with Gasteiger partial charge in [-0.3, -0.25) is 0 Å². The zero-order valence-corrected chi connectivity index (χ0v) is 15.3. The van der Waals surface area contributed by atoms with Crippen LogP contribution in [0.15, 0.2) is 53.9 Å². The summed E-state index contributed by atoms with van der Waals surface area (Å²) in [6.45, 7) is 0.0541. The summed E-state index contributed by atoms with van der Waals surface area (Å²) in [4.78, 5) is 28.0. The van der Waals surface area contributed by atoms with Crippen molar-refractivity contribution in [2.24, 2.45) is 0 Å². The number of thiazole rings is 1. The predicted molar refractivity (Wildman–Crippen MR) is 99.5 cm³/mol. The lowest BCUT2D eigenvalue weighted by molar-refractivity contribution is 0.0467. The number of ether oxygens (including phenoxy) is 2. The van der Waals surface area contributed by atoms with E-state index in [1.54, 1.807) is 6.07 Å². The van der Waals surface area contributed by atoms with Crippen molar-refractivity contribution in [1.82, 2.24) is 4.98 Å². The van der Waals surface area contributed by atoms with E-state index in [-0.39, 0.29) is 6.61 Å². The number of carbonyl (C=O) groups excluding carboxylic acids is 2. The average molecular weight is 388 g/mol. The molecule has 7 heteroatoms. The Balaban J connectivity index is 1.63. The average Bonchev–Trinajstić information content (AvgIpc) is 3.14. The van der Waals surface area contributed by atoms with Crippen molar-refractivity contribution >= 4 is 34.9 Å². The number of methoxy groups -OCH3 is 1. The summed E-state index contributed by atoms with van der Waals surface area (Å²) in [5.41, 5.74) is 2.20. The van der Waals surface area contributed by atoms with E-state index in [2.05, 4.69) is 9.72 Å². The van der Waals surface area contributed by atoms with E-state index in [0.717, 1.165) is 10.6 Å². The third-order valence-corrected chi connectivity index (χ3v) is 4.80. The van der Waals surface area contributed by atoms with Gasteiger partial charge >= 0.3 is 11.9 Å². The van der Waals surface area contributed by atoms with Gasteiger partial charge in [0.2, 0.25) is 0 Å². The fourth-order valence-corrected chi connectivity index (χ4v) is 3.34. The van der Waals surface area contributed by atoms with Crippen LogP contribution in [0, 0.1) is 0 Å². The van der Waals surface area contributed by atoms with Crippen molar-refractivity contribution in [1.29, 1.82) is 0 Å². The van der Waals surface area contributed by atoms with E-state index >= 15 is 0 Å². The van der Waals surface area contributed by atoms with E-state index < -0.39 is 11.9 Å². The van der Waals surface area contributed by atoms with E-state index in [1.165, 1.54) is 42.7 Å². The Labute approximate surface area is 159 Å². The number of carbonyl (C=O) groups is 2. The highest BCUT2D eigenvalue weighted by molar-refractivity contribution is 7.13. The predicted octanol–water partition coefficient (Wildman–Crippen LogP) is 4.61. The second kappa shape index (κ2) is 8.12. The normalized spacial score (nSPS) is 10.4. The summed E-state index contributed by atoms with van der Waals surface area (Å²) in [5.74, 6) is -0.951. The van der Waals surface area contributed by atoms with Crippen LogP contribution in [0.3, 0.4) is 0 Å². The summed E-state index contributed by atoms with van der Waals surface area (Å²) in [5, 5.41) is 3.21. The highest BCUT2D eigenvalue weighted by Crippen LogP contribution is 2.30. The molecule has 0 aliphatic rings. The van der Waals surface area contributed by atoms with Crippen molar-refractivity contribution in [3.8, 4) is 10.6 Å². The highest BCUT2D eigenvalue weighted by atomic mass is 35.5. The highest BCUT2D eigenvalue weighted by Gasteiger charge is 2.12. The first kappa shape index (κ1) is 18.1. The molecule has 5 nitrogen and oxygen atoms in total. The zero-order chi connectivity index (χ0) is 18.5. The molecule has 3 aromatic rings. The summed E-state index contributed by atoms with van der Waals surface area (Å²) in [6, 6.07) is 13.5. The Morgan fingerprint density at radius 1 is 1.04 bits per heavy atom. The van der Waals surface area contributed by atoms with Gasteiger partial charge in [-0.05, 0) is 30.3 Å². The van der Waals surface area contributed by atoms with Crippen LogP contribution >= 0.6 is 22.9 Å². The molecule has 0 saturated carbocycles. The topological polar surface area (TPSA) is 65.5 Å². The Hall–Kier alpha value is -2.70. The first-order valence-corrected chi connectivity index (χ1v) is 8.89. The van der Waals surface area contributed by atoms with E-state index in [1.807, 2.05) is 23.6 Å². The molecule has 2 aromatic carbocycles. The fraction of sp³-hybridized carbons (Fsp3) is 0.105. The molecule has 0 bridgehead atoms. The summed E-state index contributed by atoms with van der Waals surface area (Å²) >= 11 is 7.60. The third-order valence-electron chi connectivity index (χ3n) is 3.55. The molecule has 1 heterocycles. The second-order valence-corrected chi connectivity index (χ2v) is 6.53. The molecule has 0 fully saturated rings. The van der Waals surface area contributed by atoms with E-state index in [4.69, 9.17) is 16.3 Å². The lowest BCUT2D eigenvalue weighted by Gasteiger charge is -2.04. The first-order valence-electron chi connectivity index (χ1n) is 7.63. The van der Waals surface area contributed by atoms with Crippen LogP contribution in [0.1, 0.15) is 26.4 Å². The Morgan fingerprint density at radius 2 is 1.69 bits per heavy atom. The van der Waals surface area contributed by atoms with Crippen LogP contribution < -0.4 is 0 Å². The van der Waals surface area contributed by atoms with Crippen molar-refractivity contribution in [3.05, 3.63) is 75.8 Å². The van der Waals surface area contributed by atoms with Gasteiger partial charge in [-0.25, -0.2) is 14.6 Å². The number of benzene rings is 2. The molecule has 0 unspecified atom stereocenters.